The van der Waals surface area contributed by atoms with Crippen molar-refractivity contribution in [3.63, 3.8) is 0 Å². The molecule has 0 fully saturated rings. The number of carbonyl (C=O) groups excluding carboxylic acids is 1. The van der Waals surface area contributed by atoms with E-state index in [2.05, 4.69) is 15.6 Å². The number of carboxylic acids is 1. The SMILES string of the molecule is O=C(O)c1ccc(Nc2ccc(-c3ccc4c(c3)CNC4=O)n3ccnc23)cc1F. The molecule has 1 aliphatic rings. The molecular formula is C22H15FN4O3. The smallest absolute Gasteiger partial charge is 0.338 e. The van der Waals surface area contributed by atoms with E-state index < -0.39 is 11.8 Å². The average molecular weight is 402 g/mol. The van der Waals surface area contributed by atoms with Crippen molar-refractivity contribution in [2.75, 3.05) is 5.32 Å². The summed E-state index contributed by atoms with van der Waals surface area (Å²) in [6.07, 6.45) is 3.48. The third kappa shape index (κ3) is 2.86. The number of benzene rings is 2. The van der Waals surface area contributed by atoms with E-state index in [4.69, 9.17) is 5.11 Å². The molecule has 0 unspecified atom stereocenters. The van der Waals surface area contributed by atoms with Gasteiger partial charge in [0.25, 0.3) is 5.91 Å². The van der Waals surface area contributed by atoms with Gasteiger partial charge in [-0.05, 0) is 53.6 Å². The molecule has 0 saturated heterocycles. The van der Waals surface area contributed by atoms with Gasteiger partial charge in [0, 0.05) is 30.2 Å². The Morgan fingerprint density at radius 1 is 1.17 bits per heavy atom. The summed E-state index contributed by atoms with van der Waals surface area (Å²) in [5.41, 5.74) is 4.77. The Labute approximate surface area is 169 Å². The topological polar surface area (TPSA) is 95.7 Å². The number of hydrogen-bond donors (Lipinski definition) is 3. The molecule has 7 nitrogen and oxygen atoms in total. The van der Waals surface area contributed by atoms with Gasteiger partial charge in [-0.1, -0.05) is 6.07 Å². The lowest BCUT2D eigenvalue weighted by atomic mass is 10.0. The first-order valence-electron chi connectivity index (χ1n) is 9.19. The van der Waals surface area contributed by atoms with Crippen molar-refractivity contribution in [2.24, 2.45) is 0 Å². The number of aromatic nitrogens is 2. The number of halogens is 1. The number of nitrogens with zero attached hydrogens (tertiary/aromatic N) is 2. The lowest BCUT2D eigenvalue weighted by Gasteiger charge is -2.12. The number of aromatic carboxylic acids is 1. The van der Waals surface area contributed by atoms with E-state index in [9.17, 15) is 14.0 Å². The Kier molecular flexibility index (Phi) is 3.99. The van der Waals surface area contributed by atoms with Crippen molar-refractivity contribution in [1.82, 2.24) is 14.7 Å². The molecule has 8 heteroatoms. The Balaban J connectivity index is 1.53. The summed E-state index contributed by atoms with van der Waals surface area (Å²) in [6, 6.07) is 13.3. The summed E-state index contributed by atoms with van der Waals surface area (Å²) in [7, 11) is 0. The molecule has 0 atom stereocenters. The van der Waals surface area contributed by atoms with Gasteiger partial charge < -0.3 is 15.7 Å². The van der Waals surface area contributed by atoms with Crippen LogP contribution < -0.4 is 10.6 Å². The zero-order valence-corrected chi connectivity index (χ0v) is 15.5. The summed E-state index contributed by atoms with van der Waals surface area (Å²) in [5.74, 6) is -2.19. The first kappa shape index (κ1) is 17.9. The minimum atomic E-state index is -1.31. The molecular weight excluding hydrogens is 387 g/mol. The van der Waals surface area contributed by atoms with Crippen LogP contribution in [0.4, 0.5) is 15.8 Å². The van der Waals surface area contributed by atoms with Gasteiger partial charge in [0.2, 0.25) is 0 Å². The Morgan fingerprint density at radius 2 is 2.03 bits per heavy atom. The molecule has 0 bridgehead atoms. The molecule has 30 heavy (non-hydrogen) atoms. The number of imidazole rings is 1. The third-order valence-electron chi connectivity index (χ3n) is 5.11. The van der Waals surface area contributed by atoms with Gasteiger partial charge in [0.05, 0.1) is 16.9 Å². The average Bonchev–Trinajstić information content (AvgIpc) is 3.35. The number of carboxylic acid groups (broad SMARTS) is 1. The second kappa shape index (κ2) is 6.70. The van der Waals surface area contributed by atoms with Crippen LogP contribution in [0.5, 0.6) is 0 Å². The van der Waals surface area contributed by atoms with Crippen LogP contribution in [0.25, 0.3) is 16.9 Å². The highest BCUT2D eigenvalue weighted by Gasteiger charge is 2.19. The molecule has 148 valence electrons. The number of hydrogen-bond acceptors (Lipinski definition) is 4. The number of nitrogens with one attached hydrogen (secondary N) is 2. The molecule has 4 aromatic rings. The van der Waals surface area contributed by atoms with Crippen LogP contribution in [-0.2, 0) is 6.54 Å². The molecule has 2 aromatic carbocycles. The van der Waals surface area contributed by atoms with Crippen molar-refractivity contribution in [2.45, 2.75) is 6.54 Å². The van der Waals surface area contributed by atoms with Crippen molar-refractivity contribution in [1.29, 1.82) is 0 Å². The standard InChI is InChI=1S/C22H15FN4O3/c23-17-10-14(2-4-16(17)22(29)30)26-18-5-6-19(27-8-7-24-20(18)27)12-1-3-15-13(9-12)11-25-21(15)28/h1-10,26H,11H2,(H,25,28)(H,29,30). The minimum Gasteiger partial charge on any atom is -0.478 e. The molecule has 3 heterocycles. The zero-order chi connectivity index (χ0) is 20.8. The summed E-state index contributed by atoms with van der Waals surface area (Å²) in [6.45, 7) is 0.507. The summed E-state index contributed by atoms with van der Waals surface area (Å²) >= 11 is 0. The molecule has 2 aromatic heterocycles. The number of carbonyl (C=O) groups is 2. The largest absolute Gasteiger partial charge is 0.478 e. The lowest BCUT2D eigenvalue weighted by Crippen LogP contribution is -2.12. The first-order chi connectivity index (χ1) is 14.5. The van der Waals surface area contributed by atoms with Gasteiger partial charge in [0.15, 0.2) is 5.65 Å². The fraction of sp³-hybridized carbons (Fsp3) is 0.0455. The Morgan fingerprint density at radius 3 is 2.83 bits per heavy atom. The lowest BCUT2D eigenvalue weighted by molar-refractivity contribution is 0.0691. The van der Waals surface area contributed by atoms with Gasteiger partial charge in [0.1, 0.15) is 5.82 Å². The number of amides is 1. The number of rotatable bonds is 4. The fourth-order valence-corrected chi connectivity index (χ4v) is 3.66. The van der Waals surface area contributed by atoms with E-state index in [0.29, 0.717) is 29.1 Å². The van der Waals surface area contributed by atoms with Gasteiger partial charge in [-0.3, -0.25) is 9.20 Å². The zero-order valence-electron chi connectivity index (χ0n) is 15.5. The number of anilines is 2. The third-order valence-corrected chi connectivity index (χ3v) is 5.11. The van der Waals surface area contributed by atoms with Gasteiger partial charge in [-0.2, -0.15) is 0 Å². The second-order valence-corrected chi connectivity index (χ2v) is 6.93. The first-order valence-corrected chi connectivity index (χ1v) is 9.19. The van der Waals surface area contributed by atoms with E-state index >= 15 is 0 Å². The van der Waals surface area contributed by atoms with Crippen molar-refractivity contribution < 1.29 is 19.1 Å². The maximum atomic E-state index is 14.0. The highest BCUT2D eigenvalue weighted by molar-refractivity contribution is 5.99. The predicted octanol–water partition coefficient (Wildman–Crippen LogP) is 3.83. The van der Waals surface area contributed by atoms with E-state index in [0.717, 1.165) is 22.9 Å². The van der Waals surface area contributed by atoms with Crippen LogP contribution in [0, 0.1) is 5.82 Å². The Hall–Kier alpha value is -4.20. The van der Waals surface area contributed by atoms with E-state index in [-0.39, 0.29) is 11.5 Å². The van der Waals surface area contributed by atoms with E-state index in [1.54, 1.807) is 6.20 Å². The highest BCUT2D eigenvalue weighted by atomic mass is 19.1. The number of pyridine rings is 1. The van der Waals surface area contributed by atoms with Gasteiger partial charge >= 0.3 is 5.97 Å². The second-order valence-electron chi connectivity index (χ2n) is 6.93. The molecule has 0 aliphatic carbocycles. The van der Waals surface area contributed by atoms with Gasteiger partial charge in [-0.15, -0.1) is 0 Å². The van der Waals surface area contributed by atoms with Crippen LogP contribution >= 0.6 is 0 Å². The van der Waals surface area contributed by atoms with E-state index in [1.165, 1.54) is 12.1 Å². The van der Waals surface area contributed by atoms with Crippen LogP contribution in [0.2, 0.25) is 0 Å². The quantitative estimate of drug-likeness (QED) is 0.482. The molecule has 0 spiro atoms. The molecule has 0 radical (unpaired) electrons. The highest BCUT2D eigenvalue weighted by Crippen LogP contribution is 2.30. The fourth-order valence-electron chi connectivity index (χ4n) is 3.66. The predicted molar refractivity (Wildman–Crippen MR) is 108 cm³/mol. The van der Waals surface area contributed by atoms with Crippen molar-refractivity contribution >= 4 is 28.9 Å². The van der Waals surface area contributed by atoms with Crippen molar-refractivity contribution in [3.8, 4) is 11.3 Å². The van der Waals surface area contributed by atoms with Gasteiger partial charge in [-0.25, -0.2) is 14.2 Å². The minimum absolute atomic E-state index is 0.0648. The summed E-state index contributed by atoms with van der Waals surface area (Å²) in [5, 5.41) is 14.9. The molecule has 5 rings (SSSR count). The summed E-state index contributed by atoms with van der Waals surface area (Å²) in [4.78, 5) is 27.2. The maximum Gasteiger partial charge on any atom is 0.338 e. The van der Waals surface area contributed by atoms with E-state index in [1.807, 2.05) is 40.9 Å². The number of fused-ring (bicyclic) bond motifs is 2. The van der Waals surface area contributed by atoms with Crippen LogP contribution in [0.15, 0.2) is 60.9 Å². The molecule has 1 aliphatic heterocycles. The normalized spacial score (nSPS) is 12.6. The molecule has 0 saturated carbocycles. The van der Waals surface area contributed by atoms with Crippen LogP contribution in [0.1, 0.15) is 26.3 Å². The maximum absolute atomic E-state index is 14.0. The molecule has 1 amide bonds. The summed E-state index contributed by atoms with van der Waals surface area (Å²) < 4.78 is 15.9. The molecule has 3 N–H and O–H groups in total. The van der Waals surface area contributed by atoms with Crippen LogP contribution in [0.3, 0.4) is 0 Å². The van der Waals surface area contributed by atoms with Crippen molar-refractivity contribution in [3.05, 3.63) is 83.4 Å². The van der Waals surface area contributed by atoms with Crippen LogP contribution in [-0.4, -0.2) is 26.4 Å². The monoisotopic (exact) mass is 402 g/mol. The Bertz CT molecular complexity index is 1350.